The first-order chi connectivity index (χ1) is 13.5. The summed E-state index contributed by atoms with van der Waals surface area (Å²) in [5, 5.41) is 4.15. The van der Waals surface area contributed by atoms with Crippen molar-refractivity contribution >= 4 is 11.6 Å². The largest absolute Gasteiger partial charge is 0.495 e. The molecular formula is C22H23N3O3. The highest BCUT2D eigenvalue weighted by Crippen LogP contribution is 2.37. The van der Waals surface area contributed by atoms with Gasteiger partial charge in [-0.05, 0) is 44.0 Å². The number of hydrogen-bond acceptors (Lipinski definition) is 5. The Hall–Kier alpha value is -3.15. The zero-order valence-electron chi connectivity index (χ0n) is 16.5. The standard InChI is InChI=1S/C22H23N3O3/c1-13-5-7-17(15(3)9-13)21-23-22(28-24-21)16-11-20(26)25(12-16)18-10-14(2)6-8-19(18)27-4/h5-10,16H,11-12H2,1-4H3. The molecule has 1 amide bonds. The molecule has 2 aromatic carbocycles. The molecule has 0 aliphatic carbocycles. The van der Waals surface area contributed by atoms with Crippen LogP contribution in [0.4, 0.5) is 5.69 Å². The summed E-state index contributed by atoms with van der Waals surface area (Å²) < 4.78 is 11.0. The second kappa shape index (κ2) is 7.11. The minimum absolute atomic E-state index is 0.0279. The van der Waals surface area contributed by atoms with Gasteiger partial charge in [0.25, 0.3) is 0 Å². The fourth-order valence-electron chi connectivity index (χ4n) is 3.69. The van der Waals surface area contributed by atoms with Gasteiger partial charge in [-0.3, -0.25) is 4.79 Å². The van der Waals surface area contributed by atoms with Gasteiger partial charge in [-0.25, -0.2) is 0 Å². The van der Waals surface area contributed by atoms with Crippen LogP contribution in [0.25, 0.3) is 11.4 Å². The van der Waals surface area contributed by atoms with Crippen LogP contribution in [-0.2, 0) is 4.79 Å². The SMILES string of the molecule is COc1ccc(C)cc1N1CC(c2nc(-c3ccc(C)cc3C)no2)CC1=O. The summed E-state index contributed by atoms with van der Waals surface area (Å²) in [4.78, 5) is 19.0. The van der Waals surface area contributed by atoms with E-state index in [9.17, 15) is 4.79 Å². The molecule has 144 valence electrons. The highest BCUT2D eigenvalue weighted by Gasteiger charge is 2.36. The molecule has 1 fully saturated rings. The van der Waals surface area contributed by atoms with Gasteiger partial charge in [0.2, 0.25) is 17.6 Å². The van der Waals surface area contributed by atoms with Gasteiger partial charge >= 0.3 is 0 Å². The first-order valence-electron chi connectivity index (χ1n) is 9.32. The van der Waals surface area contributed by atoms with Crippen LogP contribution in [0.5, 0.6) is 5.75 Å². The third-order valence-corrected chi connectivity index (χ3v) is 5.16. The van der Waals surface area contributed by atoms with Crippen LogP contribution in [0.2, 0.25) is 0 Å². The van der Waals surface area contributed by atoms with Crippen molar-refractivity contribution in [1.29, 1.82) is 0 Å². The topological polar surface area (TPSA) is 68.5 Å². The van der Waals surface area contributed by atoms with Crippen LogP contribution in [0.1, 0.15) is 34.9 Å². The average Bonchev–Trinajstić information content (AvgIpc) is 3.28. The number of aryl methyl sites for hydroxylation is 3. The number of aromatic nitrogens is 2. The summed E-state index contributed by atoms with van der Waals surface area (Å²) in [5.41, 5.74) is 5.09. The molecule has 1 atom stereocenters. The van der Waals surface area contributed by atoms with Crippen molar-refractivity contribution < 1.29 is 14.1 Å². The molecule has 0 N–H and O–H groups in total. The highest BCUT2D eigenvalue weighted by atomic mass is 16.5. The molecule has 0 spiro atoms. The number of hydrogen-bond donors (Lipinski definition) is 0. The number of ether oxygens (including phenoxy) is 1. The van der Waals surface area contributed by atoms with Gasteiger partial charge in [-0.2, -0.15) is 4.98 Å². The number of nitrogens with zero attached hydrogens (tertiary/aromatic N) is 3. The molecule has 1 aromatic heterocycles. The monoisotopic (exact) mass is 377 g/mol. The molecule has 0 saturated carbocycles. The molecule has 2 heterocycles. The van der Waals surface area contributed by atoms with E-state index < -0.39 is 0 Å². The van der Waals surface area contributed by atoms with Crippen molar-refractivity contribution in [1.82, 2.24) is 10.1 Å². The summed E-state index contributed by atoms with van der Waals surface area (Å²) in [6, 6.07) is 11.9. The second-order valence-corrected chi connectivity index (χ2v) is 7.36. The smallest absolute Gasteiger partial charge is 0.232 e. The van der Waals surface area contributed by atoms with E-state index in [0.29, 0.717) is 30.4 Å². The van der Waals surface area contributed by atoms with Gasteiger partial charge in [-0.15, -0.1) is 0 Å². The maximum absolute atomic E-state index is 12.7. The Kier molecular flexibility index (Phi) is 4.63. The molecule has 1 aliphatic heterocycles. The molecule has 0 radical (unpaired) electrons. The number of carbonyl (C=O) groups is 1. The minimum atomic E-state index is -0.135. The minimum Gasteiger partial charge on any atom is -0.495 e. The quantitative estimate of drug-likeness (QED) is 0.682. The predicted octanol–water partition coefficient (Wildman–Crippen LogP) is 4.19. The number of amides is 1. The Balaban J connectivity index is 1.60. The lowest BCUT2D eigenvalue weighted by Crippen LogP contribution is -2.25. The molecule has 1 unspecified atom stereocenters. The lowest BCUT2D eigenvalue weighted by molar-refractivity contribution is -0.117. The molecule has 0 bridgehead atoms. The van der Waals surface area contributed by atoms with E-state index in [2.05, 4.69) is 23.1 Å². The zero-order chi connectivity index (χ0) is 19.8. The van der Waals surface area contributed by atoms with E-state index in [1.54, 1.807) is 12.0 Å². The van der Waals surface area contributed by atoms with E-state index in [1.807, 2.05) is 44.2 Å². The van der Waals surface area contributed by atoms with Crippen LogP contribution in [0, 0.1) is 20.8 Å². The Morgan fingerprint density at radius 1 is 1.11 bits per heavy atom. The number of benzene rings is 2. The molecule has 3 aromatic rings. The van der Waals surface area contributed by atoms with Crippen molar-refractivity contribution in [2.75, 3.05) is 18.6 Å². The van der Waals surface area contributed by atoms with Crippen LogP contribution >= 0.6 is 0 Å². The van der Waals surface area contributed by atoms with Crippen LogP contribution < -0.4 is 9.64 Å². The maximum Gasteiger partial charge on any atom is 0.232 e. The first kappa shape index (κ1) is 18.2. The van der Waals surface area contributed by atoms with Crippen molar-refractivity contribution in [3.63, 3.8) is 0 Å². The van der Waals surface area contributed by atoms with E-state index in [1.165, 1.54) is 5.56 Å². The zero-order valence-corrected chi connectivity index (χ0v) is 16.5. The molecule has 1 aliphatic rings. The van der Waals surface area contributed by atoms with Gasteiger partial charge in [-0.1, -0.05) is 35.0 Å². The number of rotatable bonds is 4. The summed E-state index contributed by atoms with van der Waals surface area (Å²) in [7, 11) is 1.61. The Morgan fingerprint density at radius 3 is 2.61 bits per heavy atom. The second-order valence-electron chi connectivity index (χ2n) is 7.36. The third kappa shape index (κ3) is 3.26. The van der Waals surface area contributed by atoms with E-state index in [0.717, 1.165) is 22.4 Å². The molecule has 28 heavy (non-hydrogen) atoms. The average molecular weight is 377 g/mol. The van der Waals surface area contributed by atoms with Crippen LogP contribution in [-0.4, -0.2) is 29.7 Å². The van der Waals surface area contributed by atoms with Crippen molar-refractivity contribution in [3.05, 3.63) is 59.0 Å². The van der Waals surface area contributed by atoms with Gasteiger partial charge in [0.15, 0.2) is 0 Å². The molecular weight excluding hydrogens is 354 g/mol. The van der Waals surface area contributed by atoms with Crippen LogP contribution in [0.15, 0.2) is 40.9 Å². The van der Waals surface area contributed by atoms with Gasteiger partial charge in [0.05, 0.1) is 18.7 Å². The molecule has 6 nitrogen and oxygen atoms in total. The predicted molar refractivity (Wildman–Crippen MR) is 107 cm³/mol. The van der Waals surface area contributed by atoms with Crippen molar-refractivity contribution in [3.8, 4) is 17.1 Å². The van der Waals surface area contributed by atoms with Gasteiger partial charge < -0.3 is 14.2 Å². The Bertz CT molecular complexity index is 1040. The molecule has 4 rings (SSSR count). The van der Waals surface area contributed by atoms with Gasteiger partial charge in [0.1, 0.15) is 5.75 Å². The fraction of sp³-hybridized carbons (Fsp3) is 0.318. The van der Waals surface area contributed by atoms with Gasteiger partial charge in [0, 0.05) is 18.5 Å². The van der Waals surface area contributed by atoms with E-state index in [-0.39, 0.29) is 11.8 Å². The maximum atomic E-state index is 12.7. The summed E-state index contributed by atoms with van der Waals surface area (Å²) in [5.74, 6) is 1.63. The Morgan fingerprint density at radius 2 is 1.86 bits per heavy atom. The number of anilines is 1. The first-order valence-corrected chi connectivity index (χ1v) is 9.32. The normalized spacial score (nSPS) is 16.6. The number of carbonyl (C=O) groups excluding carboxylic acids is 1. The van der Waals surface area contributed by atoms with E-state index >= 15 is 0 Å². The molecule has 1 saturated heterocycles. The lowest BCUT2D eigenvalue weighted by Gasteiger charge is -2.19. The lowest BCUT2D eigenvalue weighted by atomic mass is 10.1. The highest BCUT2D eigenvalue weighted by molar-refractivity contribution is 5.97. The number of methoxy groups -OCH3 is 1. The summed E-state index contributed by atoms with van der Waals surface area (Å²) in [6.07, 6.45) is 0.339. The van der Waals surface area contributed by atoms with Crippen LogP contribution in [0.3, 0.4) is 0 Å². The molecule has 6 heteroatoms. The summed E-state index contributed by atoms with van der Waals surface area (Å²) in [6.45, 7) is 6.57. The van der Waals surface area contributed by atoms with Crippen molar-refractivity contribution in [2.24, 2.45) is 0 Å². The fourth-order valence-corrected chi connectivity index (χ4v) is 3.69. The summed E-state index contributed by atoms with van der Waals surface area (Å²) >= 11 is 0. The third-order valence-electron chi connectivity index (χ3n) is 5.16. The Labute approximate surface area is 164 Å². The van der Waals surface area contributed by atoms with E-state index in [4.69, 9.17) is 9.26 Å². The van der Waals surface area contributed by atoms with Crippen molar-refractivity contribution in [2.45, 2.75) is 33.1 Å².